The summed E-state index contributed by atoms with van der Waals surface area (Å²) in [6, 6.07) is 28.0. The Hall–Kier alpha value is -3.98. The number of nitrogens with zero attached hydrogens (tertiary/aromatic N) is 1. The van der Waals surface area contributed by atoms with Gasteiger partial charge in [0.25, 0.3) is 0 Å². The highest BCUT2D eigenvalue weighted by atomic mass is 16.4. The number of pyridine rings is 1. The molecule has 1 aromatic heterocycles. The number of hydrogen-bond acceptors (Lipinski definition) is 2. The number of aromatic carboxylic acids is 1. The minimum absolute atomic E-state index is 0.320. The van der Waals surface area contributed by atoms with Crippen molar-refractivity contribution >= 4 is 27.5 Å². The number of carboxylic acid groups (broad SMARTS) is 1. The Kier molecular flexibility index (Phi) is 4.49. The lowest BCUT2D eigenvalue weighted by Crippen LogP contribution is -2.03. The summed E-state index contributed by atoms with van der Waals surface area (Å²) in [5, 5.41) is 14.2. The molecule has 0 aliphatic heterocycles. The van der Waals surface area contributed by atoms with Crippen LogP contribution in [0.25, 0.3) is 32.7 Å². The van der Waals surface area contributed by atoms with Gasteiger partial charge in [0.15, 0.2) is 0 Å². The van der Waals surface area contributed by atoms with E-state index in [1.54, 1.807) is 18.5 Å². The van der Waals surface area contributed by atoms with E-state index in [0.717, 1.165) is 43.8 Å². The maximum absolute atomic E-state index is 12.2. The normalized spacial score (nSPS) is 11.1. The Morgan fingerprint density at radius 3 is 1.97 bits per heavy atom. The van der Waals surface area contributed by atoms with Crippen molar-refractivity contribution in [2.24, 2.45) is 0 Å². The molecule has 0 amide bonds. The van der Waals surface area contributed by atoms with Gasteiger partial charge in [-0.15, -0.1) is 0 Å². The zero-order valence-electron chi connectivity index (χ0n) is 16.2. The van der Waals surface area contributed by atoms with Gasteiger partial charge in [0.2, 0.25) is 0 Å². The Morgan fingerprint density at radius 1 is 0.700 bits per heavy atom. The lowest BCUT2D eigenvalue weighted by Gasteiger charge is -2.18. The summed E-state index contributed by atoms with van der Waals surface area (Å²) in [7, 11) is 0. The number of carbonyl (C=O) groups is 1. The van der Waals surface area contributed by atoms with Crippen LogP contribution in [0.3, 0.4) is 0 Å². The zero-order valence-corrected chi connectivity index (χ0v) is 16.2. The third kappa shape index (κ3) is 3.11. The van der Waals surface area contributed by atoms with Gasteiger partial charge >= 0.3 is 5.97 Å². The molecule has 3 heteroatoms. The summed E-state index contributed by atoms with van der Waals surface area (Å²) in [5.41, 5.74) is 4.32. The smallest absolute Gasteiger partial charge is 0.336 e. The third-order valence-corrected chi connectivity index (χ3v) is 5.57. The molecular weight excluding hydrogens is 370 g/mol. The SMILES string of the molecule is O=C(O)c1ccc2ccccc2c1-c1c(Cc2ccncc2)ccc2ccccc12. The molecule has 0 unspecified atom stereocenters. The monoisotopic (exact) mass is 389 g/mol. The van der Waals surface area contributed by atoms with Crippen LogP contribution in [0.2, 0.25) is 0 Å². The average Bonchev–Trinajstić information content (AvgIpc) is 2.79. The van der Waals surface area contributed by atoms with Gasteiger partial charge in [-0.1, -0.05) is 66.7 Å². The van der Waals surface area contributed by atoms with Crippen molar-refractivity contribution in [3.05, 3.63) is 114 Å². The van der Waals surface area contributed by atoms with Crippen molar-refractivity contribution in [2.75, 3.05) is 0 Å². The van der Waals surface area contributed by atoms with Crippen LogP contribution in [0, 0.1) is 0 Å². The Morgan fingerprint density at radius 2 is 1.30 bits per heavy atom. The molecule has 0 atom stereocenters. The van der Waals surface area contributed by atoms with Gasteiger partial charge < -0.3 is 5.11 Å². The van der Waals surface area contributed by atoms with E-state index in [9.17, 15) is 9.90 Å². The summed E-state index contributed by atoms with van der Waals surface area (Å²) in [6.45, 7) is 0. The van der Waals surface area contributed by atoms with Crippen molar-refractivity contribution in [2.45, 2.75) is 6.42 Å². The fourth-order valence-electron chi connectivity index (χ4n) is 4.20. The summed E-state index contributed by atoms with van der Waals surface area (Å²) in [4.78, 5) is 16.4. The standard InChI is InChI=1S/C27H19NO2/c29-27(30)24-12-11-20-6-2-4-8-23(20)26(24)25-21(17-18-13-15-28-16-14-18)10-9-19-5-1-3-7-22(19)25/h1-16H,17H2,(H,29,30). The molecule has 0 saturated heterocycles. The van der Waals surface area contributed by atoms with E-state index in [0.29, 0.717) is 12.0 Å². The van der Waals surface area contributed by atoms with Gasteiger partial charge in [0.1, 0.15) is 0 Å². The van der Waals surface area contributed by atoms with Crippen molar-refractivity contribution in [3.63, 3.8) is 0 Å². The summed E-state index contributed by atoms with van der Waals surface area (Å²) < 4.78 is 0. The molecule has 0 saturated carbocycles. The Labute approximate surface area is 174 Å². The maximum Gasteiger partial charge on any atom is 0.336 e. The highest BCUT2D eigenvalue weighted by molar-refractivity contribution is 6.13. The number of carboxylic acids is 1. The van der Waals surface area contributed by atoms with E-state index in [-0.39, 0.29) is 0 Å². The Bertz CT molecular complexity index is 1390. The topological polar surface area (TPSA) is 50.2 Å². The molecule has 1 N–H and O–H groups in total. The van der Waals surface area contributed by atoms with E-state index in [2.05, 4.69) is 29.2 Å². The first-order valence-corrected chi connectivity index (χ1v) is 9.87. The van der Waals surface area contributed by atoms with Crippen LogP contribution in [-0.2, 0) is 6.42 Å². The summed E-state index contributed by atoms with van der Waals surface area (Å²) in [5.74, 6) is -0.918. The minimum Gasteiger partial charge on any atom is -0.478 e. The molecule has 30 heavy (non-hydrogen) atoms. The van der Waals surface area contributed by atoms with Gasteiger partial charge in [0.05, 0.1) is 5.56 Å². The quantitative estimate of drug-likeness (QED) is 0.390. The Balaban J connectivity index is 1.90. The molecule has 4 aromatic carbocycles. The molecule has 0 bridgehead atoms. The first kappa shape index (κ1) is 18.1. The number of hydrogen-bond donors (Lipinski definition) is 1. The first-order chi connectivity index (χ1) is 14.7. The number of aromatic nitrogens is 1. The van der Waals surface area contributed by atoms with E-state index in [1.165, 1.54) is 0 Å². The first-order valence-electron chi connectivity index (χ1n) is 9.87. The van der Waals surface area contributed by atoms with Crippen LogP contribution in [0.4, 0.5) is 0 Å². The van der Waals surface area contributed by atoms with Crippen LogP contribution in [-0.4, -0.2) is 16.1 Å². The number of benzene rings is 4. The number of rotatable bonds is 4. The fraction of sp³-hybridized carbons (Fsp3) is 0.0370. The maximum atomic E-state index is 12.2. The highest BCUT2D eigenvalue weighted by Crippen LogP contribution is 2.39. The molecule has 0 aliphatic carbocycles. The van der Waals surface area contributed by atoms with E-state index in [4.69, 9.17) is 0 Å². The van der Waals surface area contributed by atoms with Crippen molar-refractivity contribution in [1.82, 2.24) is 4.98 Å². The van der Waals surface area contributed by atoms with E-state index < -0.39 is 5.97 Å². The molecule has 0 radical (unpaired) electrons. The van der Waals surface area contributed by atoms with Gasteiger partial charge in [0, 0.05) is 18.0 Å². The largest absolute Gasteiger partial charge is 0.478 e. The van der Waals surface area contributed by atoms with Crippen LogP contribution in [0.5, 0.6) is 0 Å². The highest BCUT2D eigenvalue weighted by Gasteiger charge is 2.20. The lowest BCUT2D eigenvalue weighted by atomic mass is 9.85. The van der Waals surface area contributed by atoms with E-state index in [1.807, 2.05) is 54.6 Å². The molecule has 0 fully saturated rings. The zero-order chi connectivity index (χ0) is 20.5. The van der Waals surface area contributed by atoms with Gasteiger partial charge in [-0.3, -0.25) is 4.98 Å². The molecule has 5 rings (SSSR count). The predicted molar refractivity (Wildman–Crippen MR) is 121 cm³/mol. The van der Waals surface area contributed by atoms with Crippen LogP contribution in [0.15, 0.2) is 97.3 Å². The van der Waals surface area contributed by atoms with Crippen LogP contribution in [0.1, 0.15) is 21.5 Å². The van der Waals surface area contributed by atoms with Gasteiger partial charge in [-0.25, -0.2) is 4.79 Å². The van der Waals surface area contributed by atoms with E-state index >= 15 is 0 Å². The number of fused-ring (bicyclic) bond motifs is 2. The molecule has 5 aromatic rings. The second-order valence-corrected chi connectivity index (χ2v) is 7.37. The molecule has 0 aliphatic rings. The van der Waals surface area contributed by atoms with Crippen molar-refractivity contribution in [3.8, 4) is 11.1 Å². The predicted octanol–water partition coefficient (Wildman–Crippen LogP) is 6.34. The second-order valence-electron chi connectivity index (χ2n) is 7.37. The van der Waals surface area contributed by atoms with Crippen molar-refractivity contribution in [1.29, 1.82) is 0 Å². The van der Waals surface area contributed by atoms with Gasteiger partial charge in [-0.05, 0) is 62.9 Å². The minimum atomic E-state index is -0.918. The van der Waals surface area contributed by atoms with Crippen LogP contribution < -0.4 is 0 Å². The summed E-state index contributed by atoms with van der Waals surface area (Å²) in [6.07, 6.45) is 4.28. The summed E-state index contributed by atoms with van der Waals surface area (Å²) >= 11 is 0. The fourth-order valence-corrected chi connectivity index (χ4v) is 4.20. The molecule has 144 valence electrons. The second kappa shape index (κ2) is 7.45. The van der Waals surface area contributed by atoms with Crippen LogP contribution >= 0.6 is 0 Å². The molecule has 0 spiro atoms. The lowest BCUT2D eigenvalue weighted by molar-refractivity contribution is 0.0698. The third-order valence-electron chi connectivity index (χ3n) is 5.57. The van der Waals surface area contributed by atoms with Gasteiger partial charge in [-0.2, -0.15) is 0 Å². The molecule has 1 heterocycles. The average molecular weight is 389 g/mol. The molecule has 3 nitrogen and oxygen atoms in total. The molecular formula is C27H19NO2. The van der Waals surface area contributed by atoms with Crippen molar-refractivity contribution < 1.29 is 9.90 Å².